The van der Waals surface area contributed by atoms with E-state index in [0.717, 1.165) is 25.4 Å². The van der Waals surface area contributed by atoms with Crippen LogP contribution < -0.4 is 9.64 Å². The molecular formula is C19H20N2O. The zero-order valence-corrected chi connectivity index (χ0v) is 12.8. The lowest BCUT2D eigenvalue weighted by Gasteiger charge is -2.33. The number of anilines is 1. The molecule has 4 rings (SSSR count). The summed E-state index contributed by atoms with van der Waals surface area (Å²) in [5.41, 5.74) is 4.01. The Labute approximate surface area is 131 Å². The maximum Gasteiger partial charge on any atom is 0.118 e. The van der Waals surface area contributed by atoms with Gasteiger partial charge in [-0.15, -0.1) is 0 Å². The number of methoxy groups -OCH3 is 1. The summed E-state index contributed by atoms with van der Waals surface area (Å²) in [6.45, 7) is 3.15. The third-order valence-electron chi connectivity index (χ3n) is 4.56. The normalized spacial score (nSPS) is 19.9. The molecule has 2 aromatic carbocycles. The van der Waals surface area contributed by atoms with Gasteiger partial charge in [0.2, 0.25) is 0 Å². The van der Waals surface area contributed by atoms with Crippen LogP contribution in [0.1, 0.15) is 11.1 Å². The van der Waals surface area contributed by atoms with Crippen LogP contribution in [0.5, 0.6) is 5.75 Å². The van der Waals surface area contributed by atoms with Crippen molar-refractivity contribution in [3.63, 3.8) is 0 Å². The summed E-state index contributed by atoms with van der Waals surface area (Å²) in [6.07, 6.45) is 4.94. The van der Waals surface area contributed by atoms with Gasteiger partial charge in [0.1, 0.15) is 11.9 Å². The van der Waals surface area contributed by atoms with Gasteiger partial charge in [-0.25, -0.2) is 0 Å². The van der Waals surface area contributed by atoms with Crippen molar-refractivity contribution in [2.45, 2.75) is 12.7 Å². The highest BCUT2D eigenvalue weighted by Gasteiger charge is 2.32. The van der Waals surface area contributed by atoms with Crippen molar-refractivity contribution < 1.29 is 4.74 Å². The molecule has 1 fully saturated rings. The number of para-hydroxylation sites is 1. The van der Waals surface area contributed by atoms with Crippen molar-refractivity contribution in [1.82, 2.24) is 4.90 Å². The molecule has 2 heterocycles. The average molecular weight is 292 g/mol. The predicted molar refractivity (Wildman–Crippen MR) is 90.0 cm³/mol. The number of rotatable bonds is 3. The lowest BCUT2D eigenvalue weighted by molar-refractivity contribution is 0.283. The fraction of sp³-hybridized carbons (Fsp3) is 0.263. The Morgan fingerprint density at radius 1 is 1.05 bits per heavy atom. The number of nitrogens with zero attached hydrogens (tertiary/aromatic N) is 2. The SMILES string of the molecule is COc1ccc(CN2CCN3c4ccccc4C=CC23)cc1. The van der Waals surface area contributed by atoms with E-state index in [4.69, 9.17) is 4.74 Å². The molecule has 0 aromatic heterocycles. The monoisotopic (exact) mass is 292 g/mol. The molecule has 3 heteroatoms. The summed E-state index contributed by atoms with van der Waals surface area (Å²) in [6, 6.07) is 17.0. The van der Waals surface area contributed by atoms with E-state index in [9.17, 15) is 0 Å². The summed E-state index contributed by atoms with van der Waals surface area (Å²) in [7, 11) is 1.71. The molecule has 0 spiro atoms. The first-order chi connectivity index (χ1) is 10.8. The fourth-order valence-electron chi connectivity index (χ4n) is 3.40. The molecule has 2 aliphatic rings. The minimum Gasteiger partial charge on any atom is -0.497 e. The lowest BCUT2D eigenvalue weighted by atomic mass is 10.1. The van der Waals surface area contributed by atoms with Crippen LogP contribution in [0.3, 0.4) is 0 Å². The van der Waals surface area contributed by atoms with E-state index < -0.39 is 0 Å². The largest absolute Gasteiger partial charge is 0.497 e. The predicted octanol–water partition coefficient (Wildman–Crippen LogP) is 3.37. The Hall–Kier alpha value is -2.26. The zero-order valence-electron chi connectivity index (χ0n) is 12.8. The Morgan fingerprint density at radius 2 is 1.86 bits per heavy atom. The van der Waals surface area contributed by atoms with Crippen molar-refractivity contribution in [3.05, 3.63) is 65.7 Å². The topological polar surface area (TPSA) is 15.7 Å². The highest BCUT2D eigenvalue weighted by molar-refractivity contribution is 5.72. The van der Waals surface area contributed by atoms with Gasteiger partial charge in [-0.05, 0) is 35.4 Å². The molecule has 0 saturated carbocycles. The highest BCUT2D eigenvalue weighted by atomic mass is 16.5. The van der Waals surface area contributed by atoms with Crippen LogP contribution >= 0.6 is 0 Å². The van der Waals surface area contributed by atoms with Gasteiger partial charge < -0.3 is 9.64 Å². The summed E-state index contributed by atoms with van der Waals surface area (Å²) >= 11 is 0. The van der Waals surface area contributed by atoms with Crippen LogP contribution in [-0.2, 0) is 6.54 Å². The molecule has 0 aliphatic carbocycles. The Kier molecular flexibility index (Phi) is 3.35. The van der Waals surface area contributed by atoms with Crippen LogP contribution in [0.2, 0.25) is 0 Å². The molecule has 1 saturated heterocycles. The van der Waals surface area contributed by atoms with Crippen molar-refractivity contribution in [3.8, 4) is 5.75 Å². The molecule has 0 radical (unpaired) electrons. The molecule has 1 unspecified atom stereocenters. The third kappa shape index (κ3) is 2.28. The molecule has 112 valence electrons. The number of hydrogen-bond donors (Lipinski definition) is 0. The first kappa shape index (κ1) is 13.4. The number of hydrogen-bond acceptors (Lipinski definition) is 3. The van der Waals surface area contributed by atoms with E-state index in [-0.39, 0.29) is 0 Å². The molecule has 0 N–H and O–H groups in total. The minimum atomic E-state index is 0.372. The van der Waals surface area contributed by atoms with Crippen molar-refractivity contribution in [2.75, 3.05) is 25.1 Å². The summed E-state index contributed by atoms with van der Waals surface area (Å²) in [5, 5.41) is 0. The number of benzene rings is 2. The molecule has 2 aromatic rings. The fourth-order valence-corrected chi connectivity index (χ4v) is 3.40. The standard InChI is InChI=1S/C19H20N2O/c1-22-17-9-6-15(7-10-17)14-20-12-13-21-18-5-3-2-4-16(18)8-11-19(20)21/h2-11,19H,12-14H2,1H3. The maximum atomic E-state index is 5.23. The maximum absolute atomic E-state index is 5.23. The number of ether oxygens (including phenoxy) is 1. The Bertz CT molecular complexity index is 693. The quantitative estimate of drug-likeness (QED) is 0.862. The van der Waals surface area contributed by atoms with Gasteiger partial charge in [-0.3, -0.25) is 4.90 Å². The van der Waals surface area contributed by atoms with Crippen LogP contribution in [0.4, 0.5) is 5.69 Å². The minimum absolute atomic E-state index is 0.372. The van der Waals surface area contributed by atoms with Crippen LogP contribution in [-0.4, -0.2) is 31.3 Å². The molecule has 2 aliphatic heterocycles. The summed E-state index contributed by atoms with van der Waals surface area (Å²) < 4.78 is 5.23. The first-order valence-electron chi connectivity index (χ1n) is 7.76. The van der Waals surface area contributed by atoms with E-state index in [2.05, 4.69) is 58.4 Å². The van der Waals surface area contributed by atoms with Gasteiger partial charge in [0.25, 0.3) is 0 Å². The molecule has 22 heavy (non-hydrogen) atoms. The van der Waals surface area contributed by atoms with Gasteiger partial charge >= 0.3 is 0 Å². The van der Waals surface area contributed by atoms with E-state index in [0.29, 0.717) is 6.17 Å². The van der Waals surface area contributed by atoms with Gasteiger partial charge in [0.05, 0.1) is 7.11 Å². The van der Waals surface area contributed by atoms with Crippen molar-refractivity contribution in [1.29, 1.82) is 0 Å². The lowest BCUT2D eigenvalue weighted by Crippen LogP contribution is -2.38. The third-order valence-corrected chi connectivity index (χ3v) is 4.56. The first-order valence-corrected chi connectivity index (χ1v) is 7.76. The molecular weight excluding hydrogens is 272 g/mol. The Morgan fingerprint density at radius 3 is 2.68 bits per heavy atom. The van der Waals surface area contributed by atoms with E-state index in [1.165, 1.54) is 16.8 Å². The highest BCUT2D eigenvalue weighted by Crippen LogP contribution is 2.33. The summed E-state index contributed by atoms with van der Waals surface area (Å²) in [5.74, 6) is 0.915. The summed E-state index contributed by atoms with van der Waals surface area (Å²) in [4.78, 5) is 5.02. The average Bonchev–Trinajstić information content (AvgIpc) is 2.99. The molecule has 0 amide bonds. The van der Waals surface area contributed by atoms with Crippen molar-refractivity contribution >= 4 is 11.8 Å². The Balaban J connectivity index is 1.54. The van der Waals surface area contributed by atoms with Crippen LogP contribution in [0.25, 0.3) is 6.08 Å². The van der Waals surface area contributed by atoms with Crippen molar-refractivity contribution in [2.24, 2.45) is 0 Å². The molecule has 0 bridgehead atoms. The van der Waals surface area contributed by atoms with Gasteiger partial charge in [-0.1, -0.05) is 36.4 Å². The van der Waals surface area contributed by atoms with Crippen LogP contribution in [0.15, 0.2) is 54.6 Å². The second-order valence-corrected chi connectivity index (χ2v) is 5.84. The van der Waals surface area contributed by atoms with E-state index >= 15 is 0 Å². The van der Waals surface area contributed by atoms with Gasteiger partial charge in [0, 0.05) is 25.3 Å². The second-order valence-electron chi connectivity index (χ2n) is 5.84. The number of fused-ring (bicyclic) bond motifs is 3. The molecule has 3 nitrogen and oxygen atoms in total. The second kappa shape index (κ2) is 5.50. The zero-order chi connectivity index (χ0) is 14.9. The molecule has 1 atom stereocenters. The smallest absolute Gasteiger partial charge is 0.118 e. The van der Waals surface area contributed by atoms with Crippen LogP contribution in [0, 0.1) is 0 Å². The van der Waals surface area contributed by atoms with E-state index in [1.807, 2.05) is 12.1 Å². The van der Waals surface area contributed by atoms with Gasteiger partial charge in [-0.2, -0.15) is 0 Å². The van der Waals surface area contributed by atoms with Gasteiger partial charge in [0.15, 0.2) is 0 Å². The van der Waals surface area contributed by atoms with E-state index in [1.54, 1.807) is 7.11 Å².